The van der Waals surface area contributed by atoms with Crippen molar-refractivity contribution in [2.24, 2.45) is 4.99 Å². The van der Waals surface area contributed by atoms with Gasteiger partial charge in [-0.25, -0.2) is 4.98 Å². The van der Waals surface area contributed by atoms with E-state index in [1.54, 1.807) is 18.3 Å². The molecule has 1 aromatic carbocycles. The third kappa shape index (κ3) is 4.40. The molecule has 2 aromatic rings. The van der Waals surface area contributed by atoms with Crippen molar-refractivity contribution in [2.45, 2.75) is 11.3 Å². The maximum atomic E-state index is 12.2. The van der Waals surface area contributed by atoms with E-state index < -0.39 is 10.8 Å². The summed E-state index contributed by atoms with van der Waals surface area (Å²) in [4.78, 5) is 8.52. The third-order valence-electron chi connectivity index (χ3n) is 2.59. The van der Waals surface area contributed by atoms with Crippen LogP contribution in [0.5, 0.6) is 0 Å². The van der Waals surface area contributed by atoms with Crippen LogP contribution in [-0.4, -0.2) is 34.0 Å². The summed E-state index contributed by atoms with van der Waals surface area (Å²) in [5, 5.41) is 14.6. The highest BCUT2D eigenvalue weighted by molar-refractivity contribution is 7.87. The monoisotopic (exact) mass is 355 g/mol. The van der Waals surface area contributed by atoms with Gasteiger partial charge in [0, 0.05) is 11.6 Å². The molecule has 22 heavy (non-hydrogen) atoms. The van der Waals surface area contributed by atoms with Gasteiger partial charge in [0.2, 0.25) is 5.96 Å². The number of benzene rings is 1. The second-order valence-corrected chi connectivity index (χ2v) is 7.35. The number of nitriles is 1. The van der Waals surface area contributed by atoms with Crippen LogP contribution in [0.2, 0.25) is 5.02 Å². The second-order valence-electron chi connectivity index (χ2n) is 4.14. The number of guanidine groups is 1. The van der Waals surface area contributed by atoms with Crippen LogP contribution in [-0.2, 0) is 10.8 Å². The first kappa shape index (κ1) is 16.7. The number of thiazole rings is 1. The first-order valence-electron chi connectivity index (χ1n) is 6.52. The Morgan fingerprint density at radius 1 is 1.59 bits per heavy atom. The first-order chi connectivity index (χ1) is 10.6. The molecule has 0 saturated heterocycles. The lowest BCUT2D eigenvalue weighted by atomic mass is 10.3. The number of hydrogen-bond donors (Lipinski definition) is 2. The summed E-state index contributed by atoms with van der Waals surface area (Å²) in [6.07, 6.45) is 1.80. The quantitative estimate of drug-likeness (QED) is 0.371. The summed E-state index contributed by atoms with van der Waals surface area (Å²) in [6, 6.07) is 5.41. The zero-order valence-corrected chi connectivity index (χ0v) is 14.2. The fourth-order valence-electron chi connectivity index (χ4n) is 1.66. The number of rotatable bonds is 5. The van der Waals surface area contributed by atoms with Crippen molar-refractivity contribution in [2.75, 3.05) is 18.8 Å². The van der Waals surface area contributed by atoms with Gasteiger partial charge in [0.1, 0.15) is 0 Å². The molecule has 0 amide bonds. The molecule has 0 spiro atoms. The summed E-state index contributed by atoms with van der Waals surface area (Å²) in [7, 11) is -1.23. The maximum Gasteiger partial charge on any atom is 0.204 e. The van der Waals surface area contributed by atoms with Crippen LogP contribution in [0.25, 0.3) is 10.2 Å². The highest BCUT2D eigenvalue weighted by Crippen LogP contribution is 2.26. The van der Waals surface area contributed by atoms with Crippen molar-refractivity contribution in [3.05, 3.63) is 23.2 Å². The Morgan fingerprint density at radius 2 is 2.41 bits per heavy atom. The van der Waals surface area contributed by atoms with Crippen LogP contribution in [0.3, 0.4) is 0 Å². The van der Waals surface area contributed by atoms with Gasteiger partial charge in [0.05, 0.1) is 33.3 Å². The molecular weight excluding hydrogens is 342 g/mol. The minimum atomic E-state index is -1.23. The Bertz CT molecular complexity index is 752. The number of hydrogen-bond acceptors (Lipinski definition) is 5. The predicted octanol–water partition coefficient (Wildman–Crippen LogP) is 2.09. The smallest absolute Gasteiger partial charge is 0.204 e. The van der Waals surface area contributed by atoms with Crippen molar-refractivity contribution in [3.63, 3.8) is 0 Å². The lowest BCUT2D eigenvalue weighted by Crippen LogP contribution is -2.34. The van der Waals surface area contributed by atoms with Gasteiger partial charge in [-0.3, -0.25) is 14.5 Å². The van der Waals surface area contributed by atoms with E-state index in [0.29, 0.717) is 34.2 Å². The standard InChI is InChI=1S/C13H14ClN5OS2/c1-2-16-12(18-8-15)17-5-6-22(20)13-19-10-7-9(14)3-4-11(10)21-13/h3-4,7H,2,5-6H2,1H3,(H2,16,17,18). The lowest BCUT2D eigenvalue weighted by molar-refractivity contribution is 0.682. The van der Waals surface area contributed by atoms with Gasteiger partial charge in [-0.2, -0.15) is 5.26 Å². The number of aromatic nitrogens is 1. The summed E-state index contributed by atoms with van der Waals surface area (Å²) in [5.74, 6) is 0.730. The largest absolute Gasteiger partial charge is 0.356 e. The van der Waals surface area contributed by atoms with Crippen LogP contribution in [0, 0.1) is 11.5 Å². The number of nitrogens with one attached hydrogen (secondary N) is 2. The molecule has 1 aromatic heterocycles. The molecule has 1 unspecified atom stereocenters. The molecule has 0 aliphatic heterocycles. The molecule has 0 radical (unpaired) electrons. The molecular formula is C13H14ClN5OS2. The molecule has 9 heteroatoms. The molecule has 2 N–H and O–H groups in total. The maximum absolute atomic E-state index is 12.2. The Balaban J connectivity index is 2.01. The summed E-state index contributed by atoms with van der Waals surface area (Å²) < 4.78 is 13.8. The van der Waals surface area contributed by atoms with E-state index in [0.717, 1.165) is 10.2 Å². The van der Waals surface area contributed by atoms with Gasteiger partial charge in [-0.1, -0.05) is 11.6 Å². The van der Waals surface area contributed by atoms with Gasteiger partial charge in [0.15, 0.2) is 10.5 Å². The topological polar surface area (TPSA) is 90.2 Å². The average molecular weight is 356 g/mol. The molecule has 1 heterocycles. The Labute approximate surface area is 139 Å². The number of halogens is 1. The molecule has 116 valence electrons. The summed E-state index contributed by atoms with van der Waals surface area (Å²) in [6.45, 7) is 2.88. The zero-order valence-electron chi connectivity index (χ0n) is 11.8. The van der Waals surface area contributed by atoms with Gasteiger partial charge in [0.25, 0.3) is 0 Å². The second kappa shape index (κ2) is 8.08. The van der Waals surface area contributed by atoms with Crippen LogP contribution >= 0.6 is 22.9 Å². The van der Waals surface area contributed by atoms with E-state index in [1.165, 1.54) is 11.3 Å². The van der Waals surface area contributed by atoms with Crippen molar-refractivity contribution < 1.29 is 4.21 Å². The average Bonchev–Trinajstić information content (AvgIpc) is 2.90. The molecule has 2 rings (SSSR count). The van der Waals surface area contributed by atoms with Crippen LogP contribution < -0.4 is 10.6 Å². The van der Waals surface area contributed by atoms with Crippen molar-refractivity contribution in [1.29, 1.82) is 5.26 Å². The Kier molecular flexibility index (Phi) is 6.12. The fourth-order valence-corrected chi connectivity index (χ4v) is 4.03. The van der Waals surface area contributed by atoms with E-state index in [1.807, 2.05) is 13.0 Å². The molecule has 0 bridgehead atoms. The van der Waals surface area contributed by atoms with Crippen molar-refractivity contribution in [1.82, 2.24) is 15.6 Å². The number of nitrogens with zero attached hydrogens (tertiary/aromatic N) is 3. The molecule has 6 nitrogen and oxygen atoms in total. The molecule has 0 aliphatic rings. The Morgan fingerprint density at radius 3 is 3.14 bits per heavy atom. The highest BCUT2D eigenvalue weighted by atomic mass is 35.5. The fraction of sp³-hybridized carbons (Fsp3) is 0.308. The van der Waals surface area contributed by atoms with E-state index in [4.69, 9.17) is 16.9 Å². The third-order valence-corrected chi connectivity index (χ3v) is 5.50. The molecule has 0 saturated carbocycles. The van der Waals surface area contributed by atoms with E-state index in [9.17, 15) is 4.21 Å². The molecule has 1 atom stereocenters. The van der Waals surface area contributed by atoms with Crippen molar-refractivity contribution in [3.8, 4) is 6.19 Å². The minimum Gasteiger partial charge on any atom is -0.356 e. The van der Waals surface area contributed by atoms with Crippen LogP contribution in [0.15, 0.2) is 27.5 Å². The van der Waals surface area contributed by atoms with Crippen LogP contribution in [0.1, 0.15) is 6.92 Å². The van der Waals surface area contributed by atoms with E-state index in [2.05, 4.69) is 20.6 Å². The van der Waals surface area contributed by atoms with Crippen molar-refractivity contribution >= 4 is 49.9 Å². The zero-order chi connectivity index (χ0) is 15.9. The minimum absolute atomic E-state index is 0.334. The summed E-state index contributed by atoms with van der Waals surface area (Å²) in [5.41, 5.74) is 0.754. The predicted molar refractivity (Wildman–Crippen MR) is 90.6 cm³/mol. The lowest BCUT2D eigenvalue weighted by Gasteiger charge is -2.04. The van der Waals surface area contributed by atoms with Gasteiger partial charge in [-0.15, -0.1) is 11.3 Å². The normalized spacial score (nSPS) is 12.9. The number of aliphatic imine (C=N–C) groups is 1. The van der Waals surface area contributed by atoms with Gasteiger partial charge in [-0.05, 0) is 25.1 Å². The summed E-state index contributed by atoms with van der Waals surface area (Å²) >= 11 is 7.31. The van der Waals surface area contributed by atoms with E-state index in [-0.39, 0.29) is 0 Å². The highest BCUT2D eigenvalue weighted by Gasteiger charge is 2.11. The van der Waals surface area contributed by atoms with Crippen LogP contribution in [0.4, 0.5) is 0 Å². The van der Waals surface area contributed by atoms with Gasteiger partial charge < -0.3 is 5.32 Å². The first-order valence-corrected chi connectivity index (χ1v) is 9.03. The Hall–Kier alpha value is -1.69. The van der Waals surface area contributed by atoms with Gasteiger partial charge >= 0.3 is 0 Å². The molecule has 0 aliphatic carbocycles. The van der Waals surface area contributed by atoms with E-state index >= 15 is 0 Å². The number of fused-ring (bicyclic) bond motifs is 1. The SMILES string of the molecule is CCNC(=NCCS(=O)c1nc2cc(Cl)ccc2s1)NC#N. The molecule has 0 fully saturated rings.